The summed E-state index contributed by atoms with van der Waals surface area (Å²) in [6.07, 6.45) is 0.332. The number of nitriles is 1. The molecule has 0 saturated heterocycles. The van der Waals surface area contributed by atoms with E-state index in [-0.39, 0.29) is 16.7 Å². The Hall–Kier alpha value is -1.34. The molecule has 0 aromatic heterocycles. The number of halogens is 1. The SMILES string of the molecule is CC(C)C(Br)C(=O)N(CCC#N)c1ccccc1. The number of nitrogens with zero attached hydrogens (tertiary/aromatic N) is 2. The summed E-state index contributed by atoms with van der Waals surface area (Å²) in [7, 11) is 0. The summed E-state index contributed by atoms with van der Waals surface area (Å²) in [5.74, 6) is 0.220. The molecule has 0 aliphatic carbocycles. The van der Waals surface area contributed by atoms with E-state index in [0.717, 1.165) is 5.69 Å². The first kappa shape index (κ1) is 14.7. The van der Waals surface area contributed by atoms with Gasteiger partial charge in [-0.3, -0.25) is 4.79 Å². The molecular formula is C14H17BrN2O. The van der Waals surface area contributed by atoms with Crippen molar-refractivity contribution in [1.29, 1.82) is 5.26 Å². The summed E-state index contributed by atoms with van der Waals surface area (Å²) in [4.78, 5) is 13.8. The molecule has 1 unspecified atom stereocenters. The lowest BCUT2D eigenvalue weighted by atomic mass is 10.1. The minimum Gasteiger partial charge on any atom is -0.310 e. The summed E-state index contributed by atoms with van der Waals surface area (Å²) in [5, 5.41) is 8.69. The molecule has 0 radical (unpaired) electrons. The summed E-state index contributed by atoms with van der Waals surface area (Å²) in [6, 6.07) is 11.5. The van der Waals surface area contributed by atoms with Crippen LogP contribution in [0.5, 0.6) is 0 Å². The average molecular weight is 309 g/mol. The van der Waals surface area contributed by atoms with Crippen molar-refractivity contribution in [2.45, 2.75) is 25.1 Å². The normalized spacial score (nSPS) is 11.9. The van der Waals surface area contributed by atoms with Gasteiger partial charge in [0.15, 0.2) is 0 Å². The smallest absolute Gasteiger partial charge is 0.241 e. The summed E-state index contributed by atoms with van der Waals surface area (Å²) in [6.45, 7) is 4.41. The number of hydrogen-bond acceptors (Lipinski definition) is 2. The van der Waals surface area contributed by atoms with Crippen molar-refractivity contribution in [3.63, 3.8) is 0 Å². The molecule has 1 aromatic rings. The molecule has 0 saturated carbocycles. The summed E-state index contributed by atoms with van der Waals surface area (Å²) >= 11 is 3.42. The van der Waals surface area contributed by atoms with Crippen LogP contribution in [0, 0.1) is 17.2 Å². The molecule has 1 amide bonds. The van der Waals surface area contributed by atoms with Crippen molar-refractivity contribution in [3.8, 4) is 6.07 Å². The zero-order valence-corrected chi connectivity index (χ0v) is 12.2. The second kappa shape index (κ2) is 7.17. The molecule has 0 bridgehead atoms. The lowest BCUT2D eigenvalue weighted by Crippen LogP contribution is -2.39. The Morgan fingerprint density at radius 3 is 2.50 bits per heavy atom. The third kappa shape index (κ3) is 3.85. The van der Waals surface area contributed by atoms with Gasteiger partial charge < -0.3 is 4.90 Å². The van der Waals surface area contributed by atoms with E-state index >= 15 is 0 Å². The fourth-order valence-electron chi connectivity index (χ4n) is 1.57. The van der Waals surface area contributed by atoms with Crippen LogP contribution in [0.15, 0.2) is 30.3 Å². The van der Waals surface area contributed by atoms with E-state index in [1.165, 1.54) is 0 Å². The lowest BCUT2D eigenvalue weighted by molar-refractivity contribution is -0.118. The van der Waals surface area contributed by atoms with Crippen LogP contribution < -0.4 is 4.90 Å². The molecule has 0 N–H and O–H groups in total. The number of carbonyl (C=O) groups is 1. The number of benzene rings is 1. The number of carbonyl (C=O) groups excluding carboxylic acids is 1. The Bertz CT molecular complexity index is 425. The molecule has 0 aliphatic rings. The molecule has 96 valence electrons. The molecule has 0 fully saturated rings. The first-order valence-electron chi connectivity index (χ1n) is 5.95. The first-order chi connectivity index (χ1) is 8.57. The van der Waals surface area contributed by atoms with Crippen molar-refractivity contribution in [2.75, 3.05) is 11.4 Å². The van der Waals surface area contributed by atoms with E-state index in [0.29, 0.717) is 13.0 Å². The van der Waals surface area contributed by atoms with Gasteiger partial charge >= 0.3 is 0 Å². The molecule has 1 aromatic carbocycles. The topological polar surface area (TPSA) is 44.1 Å². The van der Waals surface area contributed by atoms with Crippen LogP contribution in [0.3, 0.4) is 0 Å². The molecule has 0 spiro atoms. The highest BCUT2D eigenvalue weighted by Gasteiger charge is 2.25. The van der Waals surface area contributed by atoms with Crippen molar-refractivity contribution in [1.82, 2.24) is 0 Å². The van der Waals surface area contributed by atoms with Gasteiger partial charge in [-0.25, -0.2) is 0 Å². The highest BCUT2D eigenvalue weighted by molar-refractivity contribution is 9.10. The Kier molecular flexibility index (Phi) is 5.87. The van der Waals surface area contributed by atoms with E-state index in [4.69, 9.17) is 5.26 Å². The Morgan fingerprint density at radius 2 is 2.00 bits per heavy atom. The maximum absolute atomic E-state index is 12.4. The van der Waals surface area contributed by atoms with E-state index in [1.807, 2.05) is 44.2 Å². The van der Waals surface area contributed by atoms with Crippen molar-refractivity contribution >= 4 is 27.5 Å². The van der Waals surface area contributed by atoms with Gasteiger partial charge in [0.05, 0.1) is 17.3 Å². The van der Waals surface area contributed by atoms with Crippen LogP contribution >= 0.6 is 15.9 Å². The van der Waals surface area contributed by atoms with Gasteiger partial charge in [-0.15, -0.1) is 0 Å². The van der Waals surface area contributed by atoms with Crippen LogP contribution in [-0.2, 0) is 4.79 Å². The molecule has 1 atom stereocenters. The van der Waals surface area contributed by atoms with Crippen LogP contribution in [0.1, 0.15) is 20.3 Å². The molecular weight excluding hydrogens is 292 g/mol. The third-order valence-electron chi connectivity index (χ3n) is 2.60. The summed E-state index contributed by atoms with van der Waals surface area (Å²) in [5.41, 5.74) is 0.836. The van der Waals surface area contributed by atoms with Gasteiger partial charge in [0.25, 0.3) is 0 Å². The maximum atomic E-state index is 12.4. The van der Waals surface area contributed by atoms with Crippen LogP contribution in [0.4, 0.5) is 5.69 Å². The van der Waals surface area contributed by atoms with E-state index in [2.05, 4.69) is 22.0 Å². The van der Waals surface area contributed by atoms with Gasteiger partial charge in [0.1, 0.15) is 0 Å². The highest BCUT2D eigenvalue weighted by atomic mass is 79.9. The van der Waals surface area contributed by atoms with Gasteiger partial charge in [-0.05, 0) is 18.1 Å². The van der Waals surface area contributed by atoms with Crippen molar-refractivity contribution < 1.29 is 4.79 Å². The molecule has 4 heteroatoms. The molecule has 0 heterocycles. The minimum absolute atomic E-state index is 0.00597. The first-order valence-corrected chi connectivity index (χ1v) is 6.87. The molecule has 0 aliphatic heterocycles. The Labute approximate surface area is 117 Å². The number of anilines is 1. The zero-order chi connectivity index (χ0) is 13.5. The summed E-state index contributed by atoms with van der Waals surface area (Å²) < 4.78 is 0. The zero-order valence-electron chi connectivity index (χ0n) is 10.6. The van der Waals surface area contributed by atoms with Gasteiger partial charge in [-0.1, -0.05) is 48.0 Å². The molecule has 1 rings (SSSR count). The Morgan fingerprint density at radius 1 is 1.39 bits per heavy atom. The standard InChI is InChI=1S/C14H17BrN2O/c1-11(2)13(15)14(18)17(10-6-9-16)12-7-4-3-5-8-12/h3-5,7-8,11,13H,6,10H2,1-2H3. The quantitative estimate of drug-likeness (QED) is 0.783. The fourth-order valence-corrected chi connectivity index (χ4v) is 1.82. The minimum atomic E-state index is -0.226. The Balaban J connectivity index is 2.92. The van der Waals surface area contributed by atoms with Crippen LogP contribution in [0.25, 0.3) is 0 Å². The number of para-hydroxylation sites is 1. The van der Waals surface area contributed by atoms with Gasteiger partial charge in [0, 0.05) is 12.2 Å². The monoisotopic (exact) mass is 308 g/mol. The third-order valence-corrected chi connectivity index (χ3v) is 4.05. The fraction of sp³-hybridized carbons (Fsp3) is 0.429. The van der Waals surface area contributed by atoms with E-state index < -0.39 is 0 Å². The average Bonchev–Trinajstić information content (AvgIpc) is 2.39. The van der Waals surface area contributed by atoms with E-state index in [9.17, 15) is 4.79 Å². The number of amides is 1. The number of alkyl halides is 1. The van der Waals surface area contributed by atoms with E-state index in [1.54, 1.807) is 4.90 Å². The van der Waals surface area contributed by atoms with Crippen molar-refractivity contribution in [3.05, 3.63) is 30.3 Å². The maximum Gasteiger partial charge on any atom is 0.241 e. The van der Waals surface area contributed by atoms with Crippen LogP contribution in [-0.4, -0.2) is 17.3 Å². The predicted molar refractivity (Wildman–Crippen MR) is 76.6 cm³/mol. The predicted octanol–water partition coefficient (Wildman–Crippen LogP) is 3.35. The molecule has 3 nitrogen and oxygen atoms in total. The number of hydrogen-bond donors (Lipinski definition) is 0. The van der Waals surface area contributed by atoms with Crippen molar-refractivity contribution in [2.24, 2.45) is 5.92 Å². The van der Waals surface area contributed by atoms with Crippen LogP contribution in [0.2, 0.25) is 0 Å². The highest BCUT2D eigenvalue weighted by Crippen LogP contribution is 2.21. The van der Waals surface area contributed by atoms with Gasteiger partial charge in [-0.2, -0.15) is 5.26 Å². The largest absolute Gasteiger partial charge is 0.310 e. The lowest BCUT2D eigenvalue weighted by Gasteiger charge is -2.25. The van der Waals surface area contributed by atoms with Gasteiger partial charge in [0.2, 0.25) is 5.91 Å². The second-order valence-corrected chi connectivity index (χ2v) is 5.37. The number of rotatable bonds is 5. The molecule has 18 heavy (non-hydrogen) atoms. The second-order valence-electron chi connectivity index (χ2n) is 4.38.